The number of hydrogen-bond donors (Lipinski definition) is 2. The van der Waals surface area contributed by atoms with Crippen LogP contribution in [0.25, 0.3) is 11.3 Å². The number of aromatic nitrogens is 4. The SMILES string of the molecule is N#CCCn1cc(-c2nc(Nc3cccc(C(=O)O)c3)ncc2Cl)cn1. The Kier molecular flexibility index (Phi) is 5.10. The highest BCUT2D eigenvalue weighted by Gasteiger charge is 2.11. The van der Waals surface area contributed by atoms with Crippen LogP contribution < -0.4 is 5.32 Å². The van der Waals surface area contributed by atoms with Gasteiger partial charge in [0.2, 0.25) is 5.95 Å². The first-order chi connectivity index (χ1) is 12.6. The van der Waals surface area contributed by atoms with Gasteiger partial charge < -0.3 is 10.4 Å². The summed E-state index contributed by atoms with van der Waals surface area (Å²) in [5, 5.41) is 25.2. The van der Waals surface area contributed by atoms with E-state index in [2.05, 4.69) is 26.5 Å². The van der Waals surface area contributed by atoms with Crippen molar-refractivity contribution in [2.75, 3.05) is 5.32 Å². The molecule has 0 radical (unpaired) electrons. The Morgan fingerprint density at radius 2 is 2.23 bits per heavy atom. The molecule has 0 amide bonds. The van der Waals surface area contributed by atoms with Crippen LogP contribution >= 0.6 is 11.6 Å². The summed E-state index contributed by atoms with van der Waals surface area (Å²) in [6.07, 6.45) is 5.17. The summed E-state index contributed by atoms with van der Waals surface area (Å²) < 4.78 is 1.64. The van der Waals surface area contributed by atoms with Crippen LogP contribution in [0.15, 0.2) is 42.9 Å². The Bertz CT molecular complexity index is 995. The number of nitriles is 1. The molecule has 0 fully saturated rings. The van der Waals surface area contributed by atoms with Crippen molar-refractivity contribution < 1.29 is 9.90 Å². The van der Waals surface area contributed by atoms with E-state index in [0.29, 0.717) is 34.9 Å². The lowest BCUT2D eigenvalue weighted by Crippen LogP contribution is -2.01. The first kappa shape index (κ1) is 17.4. The van der Waals surface area contributed by atoms with E-state index in [1.54, 1.807) is 29.2 Å². The molecule has 0 spiro atoms. The van der Waals surface area contributed by atoms with Gasteiger partial charge in [-0.05, 0) is 18.2 Å². The Hall–Kier alpha value is -3.44. The fourth-order valence-corrected chi connectivity index (χ4v) is 2.46. The largest absolute Gasteiger partial charge is 0.478 e. The third kappa shape index (κ3) is 3.96. The van der Waals surface area contributed by atoms with Crippen LogP contribution in [0.2, 0.25) is 5.02 Å². The maximum absolute atomic E-state index is 11.1. The molecule has 1 aromatic carbocycles. The lowest BCUT2D eigenvalue weighted by atomic mass is 10.2. The van der Waals surface area contributed by atoms with E-state index < -0.39 is 5.97 Å². The maximum atomic E-state index is 11.1. The third-order valence-corrected chi connectivity index (χ3v) is 3.75. The highest BCUT2D eigenvalue weighted by molar-refractivity contribution is 6.32. The molecule has 26 heavy (non-hydrogen) atoms. The average Bonchev–Trinajstić information content (AvgIpc) is 3.10. The van der Waals surface area contributed by atoms with Gasteiger partial charge in [0, 0.05) is 17.4 Å². The van der Waals surface area contributed by atoms with E-state index in [1.165, 1.54) is 18.3 Å². The molecule has 0 aliphatic carbocycles. The Morgan fingerprint density at radius 1 is 1.38 bits per heavy atom. The fraction of sp³-hybridized carbons (Fsp3) is 0.118. The molecule has 2 N–H and O–H groups in total. The summed E-state index contributed by atoms with van der Waals surface area (Å²) in [5.41, 5.74) is 1.88. The summed E-state index contributed by atoms with van der Waals surface area (Å²) in [4.78, 5) is 19.6. The molecular weight excluding hydrogens is 356 g/mol. The molecule has 9 heteroatoms. The highest BCUT2D eigenvalue weighted by atomic mass is 35.5. The summed E-state index contributed by atoms with van der Waals surface area (Å²) in [6.45, 7) is 0.478. The molecular formula is C17H13ClN6O2. The van der Waals surface area contributed by atoms with Gasteiger partial charge in [-0.2, -0.15) is 10.4 Å². The van der Waals surface area contributed by atoms with Crippen LogP contribution in [0.4, 0.5) is 11.6 Å². The normalized spacial score (nSPS) is 10.3. The van der Waals surface area contributed by atoms with E-state index in [0.717, 1.165) is 0 Å². The maximum Gasteiger partial charge on any atom is 0.335 e. The number of anilines is 2. The number of carboxylic acids is 1. The monoisotopic (exact) mass is 368 g/mol. The van der Waals surface area contributed by atoms with Crippen molar-refractivity contribution in [1.82, 2.24) is 19.7 Å². The van der Waals surface area contributed by atoms with Crippen molar-refractivity contribution in [3.63, 3.8) is 0 Å². The molecule has 2 heterocycles. The molecule has 3 rings (SSSR count). The van der Waals surface area contributed by atoms with Crippen molar-refractivity contribution in [3.05, 3.63) is 53.4 Å². The predicted octanol–water partition coefficient (Wildman–Crippen LogP) is 3.35. The topological polar surface area (TPSA) is 117 Å². The van der Waals surface area contributed by atoms with E-state index in [-0.39, 0.29) is 11.5 Å². The zero-order chi connectivity index (χ0) is 18.5. The van der Waals surface area contributed by atoms with Crippen molar-refractivity contribution in [3.8, 4) is 17.3 Å². The van der Waals surface area contributed by atoms with E-state index >= 15 is 0 Å². The summed E-state index contributed by atoms with van der Waals surface area (Å²) in [5.74, 6) is -0.743. The molecule has 2 aromatic heterocycles. The van der Waals surface area contributed by atoms with Gasteiger partial charge in [-0.25, -0.2) is 14.8 Å². The zero-order valence-corrected chi connectivity index (χ0v) is 14.2. The fourth-order valence-electron chi connectivity index (χ4n) is 2.26. The molecule has 0 bridgehead atoms. The number of halogens is 1. The lowest BCUT2D eigenvalue weighted by molar-refractivity contribution is 0.0697. The number of nitrogens with one attached hydrogen (secondary N) is 1. The zero-order valence-electron chi connectivity index (χ0n) is 13.4. The number of carboxylic acid groups (broad SMARTS) is 1. The molecule has 0 unspecified atom stereocenters. The molecule has 8 nitrogen and oxygen atoms in total. The van der Waals surface area contributed by atoms with E-state index in [9.17, 15) is 4.79 Å². The summed E-state index contributed by atoms with van der Waals surface area (Å²) >= 11 is 6.19. The van der Waals surface area contributed by atoms with Gasteiger partial charge in [-0.3, -0.25) is 4.68 Å². The quantitative estimate of drug-likeness (QED) is 0.685. The lowest BCUT2D eigenvalue weighted by Gasteiger charge is -2.08. The number of aromatic carboxylic acids is 1. The van der Waals surface area contributed by atoms with Crippen LogP contribution in [0.3, 0.4) is 0 Å². The van der Waals surface area contributed by atoms with Crippen LogP contribution in [-0.4, -0.2) is 30.8 Å². The Balaban J connectivity index is 1.86. The Labute approximate surface area is 153 Å². The first-order valence-electron chi connectivity index (χ1n) is 7.59. The number of aryl methyl sites for hydroxylation is 1. The molecule has 0 aliphatic heterocycles. The minimum Gasteiger partial charge on any atom is -0.478 e. The first-order valence-corrected chi connectivity index (χ1v) is 7.97. The van der Waals surface area contributed by atoms with Crippen molar-refractivity contribution in [2.45, 2.75) is 13.0 Å². The second-order valence-corrected chi connectivity index (χ2v) is 5.71. The van der Waals surface area contributed by atoms with Gasteiger partial charge in [0.1, 0.15) is 0 Å². The van der Waals surface area contributed by atoms with Crippen molar-refractivity contribution in [1.29, 1.82) is 5.26 Å². The van der Waals surface area contributed by atoms with Crippen molar-refractivity contribution in [2.24, 2.45) is 0 Å². The van der Waals surface area contributed by atoms with Gasteiger partial charge in [0.25, 0.3) is 0 Å². The van der Waals surface area contributed by atoms with Crippen LogP contribution in [0, 0.1) is 11.3 Å². The van der Waals surface area contributed by atoms with Gasteiger partial charge in [0.05, 0.1) is 47.7 Å². The Morgan fingerprint density at radius 3 is 3.00 bits per heavy atom. The molecule has 0 saturated carbocycles. The van der Waals surface area contributed by atoms with Crippen LogP contribution in [-0.2, 0) is 6.54 Å². The van der Waals surface area contributed by atoms with Gasteiger partial charge in [-0.1, -0.05) is 17.7 Å². The van der Waals surface area contributed by atoms with Gasteiger partial charge in [-0.15, -0.1) is 0 Å². The highest BCUT2D eigenvalue weighted by Crippen LogP contribution is 2.26. The molecule has 130 valence electrons. The number of benzene rings is 1. The number of rotatable bonds is 6. The van der Waals surface area contributed by atoms with E-state index in [1.807, 2.05) is 0 Å². The van der Waals surface area contributed by atoms with E-state index in [4.69, 9.17) is 22.0 Å². The van der Waals surface area contributed by atoms with Gasteiger partial charge >= 0.3 is 5.97 Å². The number of nitrogens with zero attached hydrogens (tertiary/aromatic N) is 5. The molecule has 0 atom stereocenters. The molecule has 0 aliphatic rings. The minimum absolute atomic E-state index is 0.156. The predicted molar refractivity (Wildman–Crippen MR) is 95.2 cm³/mol. The number of carbonyl (C=O) groups is 1. The summed E-state index contributed by atoms with van der Waals surface area (Å²) in [6, 6.07) is 8.38. The minimum atomic E-state index is -1.02. The second-order valence-electron chi connectivity index (χ2n) is 5.30. The number of hydrogen-bond acceptors (Lipinski definition) is 6. The second kappa shape index (κ2) is 7.63. The van der Waals surface area contributed by atoms with Crippen LogP contribution in [0.5, 0.6) is 0 Å². The van der Waals surface area contributed by atoms with Crippen molar-refractivity contribution >= 4 is 29.2 Å². The summed E-state index contributed by atoms with van der Waals surface area (Å²) in [7, 11) is 0. The average molecular weight is 369 g/mol. The standard InChI is InChI=1S/C17H13ClN6O2/c18-14-9-20-17(22-13-4-1-3-11(7-13)16(25)26)23-15(14)12-8-21-24(10-12)6-2-5-19/h1,3-4,7-10H,2,6H2,(H,25,26)(H,20,22,23). The van der Waals surface area contributed by atoms with Crippen LogP contribution in [0.1, 0.15) is 16.8 Å². The molecule has 0 saturated heterocycles. The van der Waals surface area contributed by atoms with Gasteiger partial charge in [0.15, 0.2) is 0 Å². The third-order valence-electron chi connectivity index (χ3n) is 3.47. The molecule has 3 aromatic rings. The smallest absolute Gasteiger partial charge is 0.335 e.